The first-order valence-corrected chi connectivity index (χ1v) is 10.1. The first-order chi connectivity index (χ1) is 14.6. The maximum absolute atomic E-state index is 12.5. The van der Waals surface area contributed by atoms with E-state index in [1.807, 2.05) is 56.3 Å². The molecule has 1 aliphatic rings. The van der Waals surface area contributed by atoms with Crippen molar-refractivity contribution in [3.8, 4) is 11.5 Å². The maximum Gasteiger partial charge on any atom is 0.363 e. The van der Waals surface area contributed by atoms with Crippen molar-refractivity contribution in [3.05, 3.63) is 76.4 Å². The zero-order valence-corrected chi connectivity index (χ0v) is 17.4. The number of carbonyl (C=O) groups excluding carboxylic acids is 1. The Morgan fingerprint density at radius 3 is 2.60 bits per heavy atom. The first kappa shape index (κ1) is 20.0. The molecule has 0 radical (unpaired) electrons. The van der Waals surface area contributed by atoms with Gasteiger partial charge in [0, 0.05) is 5.56 Å². The number of cyclic esters (lactones) is 1. The van der Waals surface area contributed by atoms with E-state index in [4.69, 9.17) is 25.8 Å². The van der Waals surface area contributed by atoms with Gasteiger partial charge < -0.3 is 14.2 Å². The van der Waals surface area contributed by atoms with Gasteiger partial charge >= 0.3 is 5.97 Å². The fraction of sp³-hybridized carbons (Fsp3) is 0.167. The van der Waals surface area contributed by atoms with Crippen LogP contribution >= 0.6 is 11.6 Å². The molecule has 0 aliphatic carbocycles. The van der Waals surface area contributed by atoms with Crippen LogP contribution in [-0.4, -0.2) is 25.1 Å². The molecule has 6 heteroatoms. The van der Waals surface area contributed by atoms with Crippen LogP contribution in [0.15, 0.2) is 65.3 Å². The number of benzene rings is 3. The number of esters is 1. The number of hydrogen-bond acceptors (Lipinski definition) is 5. The molecule has 0 N–H and O–H groups in total. The van der Waals surface area contributed by atoms with Crippen molar-refractivity contribution in [2.45, 2.75) is 13.8 Å². The van der Waals surface area contributed by atoms with E-state index < -0.39 is 5.97 Å². The van der Waals surface area contributed by atoms with Crippen LogP contribution in [0.1, 0.15) is 25.0 Å². The zero-order valence-electron chi connectivity index (χ0n) is 16.6. The summed E-state index contributed by atoms with van der Waals surface area (Å²) in [7, 11) is 0. The van der Waals surface area contributed by atoms with E-state index in [1.54, 1.807) is 18.2 Å². The van der Waals surface area contributed by atoms with Crippen molar-refractivity contribution in [3.63, 3.8) is 0 Å². The summed E-state index contributed by atoms with van der Waals surface area (Å²) in [5, 5.41) is 2.42. The van der Waals surface area contributed by atoms with E-state index in [1.165, 1.54) is 0 Å². The number of carbonyl (C=O) groups is 1. The second kappa shape index (κ2) is 8.59. The van der Waals surface area contributed by atoms with Crippen molar-refractivity contribution < 1.29 is 19.0 Å². The van der Waals surface area contributed by atoms with Crippen molar-refractivity contribution in [1.82, 2.24) is 0 Å². The quantitative estimate of drug-likeness (QED) is 0.382. The number of fused-ring (bicyclic) bond motifs is 1. The molecule has 1 aliphatic heterocycles. The van der Waals surface area contributed by atoms with Gasteiger partial charge in [0.05, 0.1) is 18.2 Å². The summed E-state index contributed by atoms with van der Waals surface area (Å²) in [5.41, 5.74) is 1.63. The lowest BCUT2D eigenvalue weighted by Crippen LogP contribution is -2.05. The van der Waals surface area contributed by atoms with E-state index in [9.17, 15) is 4.79 Å². The zero-order chi connectivity index (χ0) is 21.1. The maximum atomic E-state index is 12.5. The average Bonchev–Trinajstić information content (AvgIpc) is 3.10. The molecular weight excluding hydrogens is 402 g/mol. The number of halogens is 1. The fourth-order valence-corrected chi connectivity index (χ4v) is 3.59. The predicted molar refractivity (Wildman–Crippen MR) is 118 cm³/mol. The molecule has 0 fully saturated rings. The molecule has 30 heavy (non-hydrogen) atoms. The van der Waals surface area contributed by atoms with Crippen molar-refractivity contribution >= 4 is 40.3 Å². The van der Waals surface area contributed by atoms with E-state index in [2.05, 4.69) is 4.99 Å². The minimum atomic E-state index is -0.513. The molecule has 0 amide bonds. The van der Waals surface area contributed by atoms with E-state index in [-0.39, 0.29) is 11.6 Å². The SMILES string of the molecule is CCOc1cc(/C=C2/N=C(c3cccc4ccccc34)OC2=O)cc(Cl)c1OCC. The van der Waals surface area contributed by atoms with Gasteiger partial charge in [-0.3, -0.25) is 0 Å². The van der Waals surface area contributed by atoms with Crippen molar-refractivity contribution in [1.29, 1.82) is 0 Å². The van der Waals surface area contributed by atoms with Crippen LogP contribution in [-0.2, 0) is 9.53 Å². The average molecular weight is 422 g/mol. The van der Waals surface area contributed by atoms with Crippen LogP contribution in [0, 0.1) is 0 Å². The fourth-order valence-electron chi connectivity index (χ4n) is 3.31. The highest BCUT2D eigenvalue weighted by molar-refractivity contribution is 6.32. The van der Waals surface area contributed by atoms with Crippen molar-refractivity contribution in [2.75, 3.05) is 13.2 Å². The Balaban J connectivity index is 1.74. The number of ether oxygens (including phenoxy) is 3. The van der Waals surface area contributed by atoms with Gasteiger partial charge in [-0.05, 0) is 54.5 Å². The minimum Gasteiger partial charge on any atom is -0.490 e. The van der Waals surface area contributed by atoms with Crippen LogP contribution in [0.25, 0.3) is 16.8 Å². The molecule has 0 aromatic heterocycles. The molecular formula is C24H20ClNO4. The molecule has 0 saturated carbocycles. The molecule has 3 aromatic rings. The van der Waals surface area contributed by atoms with Crippen LogP contribution in [0.2, 0.25) is 5.02 Å². The number of rotatable bonds is 6. The van der Waals surface area contributed by atoms with Gasteiger partial charge in [-0.25, -0.2) is 9.79 Å². The standard InChI is InChI=1S/C24H20ClNO4/c1-3-28-21-14-15(12-19(25)22(21)29-4-2)13-20-24(27)30-23(26-20)18-11-7-9-16-8-5-6-10-17(16)18/h5-14H,3-4H2,1-2H3/b20-13+. The number of hydrogen-bond donors (Lipinski definition) is 0. The lowest BCUT2D eigenvalue weighted by Gasteiger charge is -2.13. The van der Waals surface area contributed by atoms with Gasteiger partial charge in [0.2, 0.25) is 5.90 Å². The molecule has 0 unspecified atom stereocenters. The minimum absolute atomic E-state index is 0.195. The molecule has 152 valence electrons. The summed E-state index contributed by atoms with van der Waals surface area (Å²) >= 11 is 6.37. The van der Waals surface area contributed by atoms with E-state index >= 15 is 0 Å². The highest BCUT2D eigenvalue weighted by Crippen LogP contribution is 2.37. The largest absolute Gasteiger partial charge is 0.490 e. The summed E-state index contributed by atoms with van der Waals surface area (Å²) in [5.74, 6) is 0.770. The Morgan fingerprint density at radius 1 is 1.03 bits per heavy atom. The summed E-state index contributed by atoms with van der Waals surface area (Å²) in [6.45, 7) is 4.68. The van der Waals surface area contributed by atoms with Crippen LogP contribution in [0.3, 0.4) is 0 Å². The van der Waals surface area contributed by atoms with Crippen molar-refractivity contribution in [2.24, 2.45) is 4.99 Å². The van der Waals surface area contributed by atoms with Gasteiger partial charge in [-0.15, -0.1) is 0 Å². The third-order valence-electron chi connectivity index (χ3n) is 4.56. The van der Waals surface area contributed by atoms with Crippen LogP contribution in [0.5, 0.6) is 11.5 Å². The molecule has 0 saturated heterocycles. The second-order valence-corrected chi connectivity index (χ2v) is 6.97. The Hall–Kier alpha value is -3.31. The van der Waals surface area contributed by atoms with Gasteiger partial charge in [-0.1, -0.05) is 48.0 Å². The van der Waals surface area contributed by atoms with Crippen LogP contribution < -0.4 is 9.47 Å². The second-order valence-electron chi connectivity index (χ2n) is 6.56. The molecule has 1 heterocycles. The molecule has 0 bridgehead atoms. The topological polar surface area (TPSA) is 57.1 Å². The summed E-state index contributed by atoms with van der Waals surface area (Å²) in [6, 6.07) is 17.2. The monoisotopic (exact) mass is 421 g/mol. The molecule has 5 nitrogen and oxygen atoms in total. The van der Waals surface area contributed by atoms with Gasteiger partial charge in [0.1, 0.15) is 0 Å². The highest BCUT2D eigenvalue weighted by atomic mass is 35.5. The molecule has 0 atom stereocenters. The summed E-state index contributed by atoms with van der Waals surface area (Å²) < 4.78 is 16.7. The lowest BCUT2D eigenvalue weighted by atomic mass is 10.0. The van der Waals surface area contributed by atoms with E-state index in [0.717, 1.165) is 16.3 Å². The van der Waals surface area contributed by atoms with Gasteiger partial charge in [0.25, 0.3) is 0 Å². The Bertz CT molecular complexity index is 1180. The third-order valence-corrected chi connectivity index (χ3v) is 4.85. The predicted octanol–water partition coefficient (Wildman–Crippen LogP) is 5.64. The highest BCUT2D eigenvalue weighted by Gasteiger charge is 2.25. The normalized spacial score (nSPS) is 14.7. The smallest absolute Gasteiger partial charge is 0.363 e. The molecule has 0 spiro atoms. The summed E-state index contributed by atoms with van der Waals surface area (Å²) in [4.78, 5) is 16.9. The Morgan fingerprint density at radius 2 is 1.80 bits per heavy atom. The Kier molecular flexibility index (Phi) is 5.72. The van der Waals surface area contributed by atoms with Crippen LogP contribution in [0.4, 0.5) is 0 Å². The number of nitrogens with zero attached hydrogens (tertiary/aromatic N) is 1. The number of aliphatic imine (C=N–C) groups is 1. The third kappa shape index (κ3) is 3.89. The molecule has 4 rings (SSSR count). The molecule has 3 aromatic carbocycles. The lowest BCUT2D eigenvalue weighted by molar-refractivity contribution is -0.129. The van der Waals surface area contributed by atoms with Gasteiger partial charge in [-0.2, -0.15) is 0 Å². The summed E-state index contributed by atoms with van der Waals surface area (Å²) in [6.07, 6.45) is 1.63. The Labute approximate surface area is 179 Å². The first-order valence-electron chi connectivity index (χ1n) is 9.70. The van der Waals surface area contributed by atoms with Gasteiger partial charge in [0.15, 0.2) is 17.2 Å². The van der Waals surface area contributed by atoms with E-state index in [0.29, 0.717) is 35.3 Å².